The molecule has 0 N–H and O–H groups in total. The van der Waals surface area contributed by atoms with Crippen molar-refractivity contribution in [3.63, 3.8) is 0 Å². The summed E-state index contributed by atoms with van der Waals surface area (Å²) in [7, 11) is -0.0752. The predicted molar refractivity (Wildman–Crippen MR) is 107 cm³/mol. The van der Waals surface area contributed by atoms with Crippen molar-refractivity contribution >= 4 is 22.9 Å². The molecule has 2 rings (SSSR count). The fourth-order valence-corrected chi connectivity index (χ4v) is 4.21. The number of hydrogen-bond acceptors (Lipinski definition) is 8. The van der Waals surface area contributed by atoms with Gasteiger partial charge in [-0.1, -0.05) is 12.1 Å². The first-order chi connectivity index (χ1) is 13.6. The molecule has 1 aliphatic rings. The number of rotatable bonds is 5. The van der Waals surface area contributed by atoms with Crippen LogP contribution in [0.4, 0.5) is 4.79 Å². The number of benzene rings is 1. The molecule has 1 aromatic rings. The minimum Gasteiger partial charge on any atom is -0.497 e. The summed E-state index contributed by atoms with van der Waals surface area (Å²) in [5.74, 6) is -0.000250. The van der Waals surface area contributed by atoms with E-state index >= 15 is 0 Å². The highest BCUT2D eigenvalue weighted by Gasteiger charge is 2.39. The number of nitrogens with zero attached hydrogens (tertiary/aromatic N) is 1. The van der Waals surface area contributed by atoms with Crippen LogP contribution in [-0.2, 0) is 29.9 Å². The average Bonchev–Trinajstić information content (AvgIpc) is 2.62. The Kier molecular flexibility index (Phi) is 7.29. The Hall–Kier alpha value is -2.55. The van der Waals surface area contributed by atoms with E-state index in [1.165, 1.54) is 5.06 Å². The van der Waals surface area contributed by atoms with Crippen molar-refractivity contribution < 1.29 is 32.8 Å². The molecule has 0 fully saturated rings. The number of esters is 1. The highest BCUT2D eigenvalue weighted by molar-refractivity contribution is 7.90. The van der Waals surface area contributed by atoms with Crippen LogP contribution >= 0.6 is 0 Å². The molecule has 0 aromatic heterocycles. The van der Waals surface area contributed by atoms with Gasteiger partial charge in [0.1, 0.15) is 22.3 Å². The molecule has 9 heteroatoms. The Morgan fingerprint density at radius 1 is 1.21 bits per heavy atom. The third-order valence-corrected chi connectivity index (χ3v) is 5.54. The molecule has 2 atom stereocenters. The van der Waals surface area contributed by atoms with Gasteiger partial charge in [-0.05, 0) is 52.3 Å². The highest BCUT2D eigenvalue weighted by atomic mass is 32.2. The van der Waals surface area contributed by atoms with E-state index in [1.807, 2.05) is 0 Å². The van der Waals surface area contributed by atoms with E-state index < -0.39 is 34.6 Å². The van der Waals surface area contributed by atoms with E-state index in [9.17, 15) is 13.8 Å². The van der Waals surface area contributed by atoms with Crippen molar-refractivity contribution in [1.82, 2.24) is 5.06 Å². The summed E-state index contributed by atoms with van der Waals surface area (Å²) in [6, 6.07) is 6.50. The number of allylic oxidation sites excluding steroid dienone is 1. The van der Waals surface area contributed by atoms with Crippen molar-refractivity contribution in [2.45, 2.75) is 46.3 Å². The van der Waals surface area contributed by atoms with Gasteiger partial charge in [-0.15, -0.1) is 0 Å². The zero-order valence-corrected chi connectivity index (χ0v) is 18.3. The van der Waals surface area contributed by atoms with Gasteiger partial charge < -0.3 is 19.0 Å². The predicted octanol–water partition coefficient (Wildman–Crippen LogP) is 3.46. The molecule has 1 aromatic carbocycles. The molecule has 0 aliphatic carbocycles. The van der Waals surface area contributed by atoms with Gasteiger partial charge in [0, 0.05) is 0 Å². The third-order valence-electron chi connectivity index (χ3n) is 4.00. The Balaban J connectivity index is 2.44. The van der Waals surface area contributed by atoms with E-state index in [4.69, 9.17) is 19.0 Å². The second-order valence-electron chi connectivity index (χ2n) is 7.32. The monoisotopic (exact) mass is 425 g/mol. The Morgan fingerprint density at radius 3 is 2.34 bits per heavy atom. The first kappa shape index (κ1) is 22.7. The first-order valence-corrected chi connectivity index (χ1v) is 10.5. The molecule has 0 bridgehead atoms. The van der Waals surface area contributed by atoms with Gasteiger partial charge in [-0.3, -0.25) is 4.21 Å². The molecule has 0 saturated heterocycles. The summed E-state index contributed by atoms with van der Waals surface area (Å²) in [6.07, 6.45) is -0.925. The van der Waals surface area contributed by atoms with E-state index in [1.54, 1.807) is 66.0 Å². The first-order valence-electron chi connectivity index (χ1n) is 9.18. The summed E-state index contributed by atoms with van der Waals surface area (Å²) in [5, 5.41) is 1.27. The molecule has 160 valence electrons. The Labute approximate surface area is 173 Å². The largest absolute Gasteiger partial charge is 0.533 e. The van der Waals surface area contributed by atoms with Crippen LogP contribution in [0.5, 0.6) is 5.75 Å². The summed E-state index contributed by atoms with van der Waals surface area (Å²) in [6.45, 7) is 8.51. The van der Waals surface area contributed by atoms with Gasteiger partial charge in [-0.25, -0.2) is 9.59 Å². The minimum atomic E-state index is -1.63. The summed E-state index contributed by atoms with van der Waals surface area (Å²) in [4.78, 5) is 30.1. The second kappa shape index (κ2) is 9.30. The van der Waals surface area contributed by atoms with E-state index in [-0.39, 0.29) is 23.0 Å². The number of hydroxylamine groups is 2. The fourth-order valence-electron chi connectivity index (χ4n) is 2.77. The SMILES string of the molecule is CCOC(=O)C1=C(C)N(OC(=O)OC(C)(C)C)[C@@H](c2ccc(OC)cc2)C[S@]1=O. The van der Waals surface area contributed by atoms with Crippen LogP contribution < -0.4 is 4.74 Å². The number of methoxy groups -OCH3 is 1. The topological polar surface area (TPSA) is 91.4 Å². The lowest BCUT2D eigenvalue weighted by Crippen LogP contribution is -2.41. The van der Waals surface area contributed by atoms with Crippen molar-refractivity contribution in [2.24, 2.45) is 0 Å². The van der Waals surface area contributed by atoms with E-state index in [0.717, 1.165) is 5.56 Å². The molecule has 1 heterocycles. The molecule has 0 radical (unpaired) electrons. The van der Waals surface area contributed by atoms with Crippen LogP contribution in [0.3, 0.4) is 0 Å². The van der Waals surface area contributed by atoms with Crippen LogP contribution in [0.15, 0.2) is 34.9 Å². The van der Waals surface area contributed by atoms with Gasteiger partial charge in [0.2, 0.25) is 0 Å². The quantitative estimate of drug-likeness (QED) is 0.663. The molecule has 0 saturated carbocycles. The molecular formula is C20H27NO7S. The maximum absolute atomic E-state index is 12.8. The van der Waals surface area contributed by atoms with Gasteiger partial charge in [-0.2, -0.15) is 5.06 Å². The molecule has 29 heavy (non-hydrogen) atoms. The van der Waals surface area contributed by atoms with E-state index in [2.05, 4.69) is 0 Å². The normalized spacial score (nSPS) is 19.6. The van der Waals surface area contributed by atoms with Crippen LogP contribution in [0.1, 0.15) is 46.2 Å². The zero-order valence-electron chi connectivity index (χ0n) is 17.5. The molecular weight excluding hydrogens is 398 g/mol. The average molecular weight is 426 g/mol. The van der Waals surface area contributed by atoms with Crippen molar-refractivity contribution in [2.75, 3.05) is 19.5 Å². The summed E-state index contributed by atoms with van der Waals surface area (Å²) in [5.41, 5.74) is 0.219. The van der Waals surface area contributed by atoms with Gasteiger partial charge in [0.25, 0.3) is 0 Å². The molecule has 1 aliphatic heterocycles. The zero-order chi connectivity index (χ0) is 21.8. The van der Waals surface area contributed by atoms with Crippen molar-refractivity contribution in [1.29, 1.82) is 0 Å². The molecule has 0 amide bonds. The lowest BCUT2D eigenvalue weighted by atomic mass is 10.1. The number of ether oxygens (including phenoxy) is 3. The number of carbonyl (C=O) groups is 2. The van der Waals surface area contributed by atoms with Gasteiger partial charge in [0.15, 0.2) is 0 Å². The number of hydrogen-bond donors (Lipinski definition) is 0. The Morgan fingerprint density at radius 2 is 1.83 bits per heavy atom. The fraction of sp³-hybridized carbons (Fsp3) is 0.500. The maximum Gasteiger partial charge on any atom is 0.533 e. The highest BCUT2D eigenvalue weighted by Crippen LogP contribution is 2.35. The van der Waals surface area contributed by atoms with Gasteiger partial charge >= 0.3 is 12.1 Å². The standard InChI is InChI=1S/C20H27NO7S/c1-7-26-18(22)17-13(2)21(28-19(23)27-20(3,4)5)16(12-29(17)24)14-8-10-15(25-6)11-9-14/h8-11,16H,7,12H2,1-6H3/t16-,29-/m1/s1. The van der Waals surface area contributed by atoms with Crippen molar-refractivity contribution in [3.8, 4) is 5.75 Å². The maximum atomic E-state index is 12.8. The number of carbonyl (C=O) groups excluding carboxylic acids is 2. The molecule has 8 nitrogen and oxygen atoms in total. The van der Waals surface area contributed by atoms with Crippen LogP contribution in [0.25, 0.3) is 0 Å². The van der Waals surface area contributed by atoms with Gasteiger partial charge in [0.05, 0.1) is 36.0 Å². The third kappa shape index (κ3) is 5.72. The van der Waals surface area contributed by atoms with Crippen molar-refractivity contribution in [3.05, 3.63) is 40.4 Å². The molecule has 0 unspecified atom stereocenters. The minimum absolute atomic E-state index is 0.0276. The Bertz CT molecular complexity index is 811. The summed E-state index contributed by atoms with van der Waals surface area (Å²) >= 11 is 0. The van der Waals surface area contributed by atoms with Crippen LogP contribution in [0.2, 0.25) is 0 Å². The second-order valence-corrected chi connectivity index (χ2v) is 8.75. The molecule has 0 spiro atoms. The lowest BCUT2D eigenvalue weighted by molar-refractivity contribution is -0.147. The lowest BCUT2D eigenvalue weighted by Gasteiger charge is -2.36. The van der Waals surface area contributed by atoms with E-state index in [0.29, 0.717) is 5.75 Å². The smallest absolute Gasteiger partial charge is 0.497 e. The van der Waals surface area contributed by atoms with Crippen LogP contribution in [0, 0.1) is 0 Å². The van der Waals surface area contributed by atoms with Crippen LogP contribution in [-0.4, -0.2) is 46.5 Å². The summed E-state index contributed by atoms with van der Waals surface area (Å²) < 4.78 is 28.3.